The van der Waals surface area contributed by atoms with Gasteiger partial charge in [0.2, 0.25) is 0 Å². The van der Waals surface area contributed by atoms with E-state index < -0.39 is 11.5 Å². The standard InChI is InChI=1S/C21H34O4/c1-19(2)9-5-10-20(3)15(19)8-11-21(13-22)16(20)7-6-14(12-17(21)23)18(24)25-4/h6,15-17,22-23H,5,7-13H2,1-4H3/t15?,16-,17?,20+,21+/m1/s1. The van der Waals surface area contributed by atoms with Gasteiger partial charge in [0.25, 0.3) is 0 Å². The first-order valence-electron chi connectivity index (χ1n) is 9.77. The monoisotopic (exact) mass is 350 g/mol. The highest BCUT2D eigenvalue weighted by Gasteiger charge is 2.61. The smallest absolute Gasteiger partial charge is 0.333 e. The lowest BCUT2D eigenvalue weighted by Gasteiger charge is -2.63. The van der Waals surface area contributed by atoms with Crippen molar-refractivity contribution in [3.05, 3.63) is 11.6 Å². The van der Waals surface area contributed by atoms with Gasteiger partial charge < -0.3 is 14.9 Å². The molecule has 0 aromatic heterocycles. The third kappa shape index (κ3) is 2.76. The minimum Gasteiger partial charge on any atom is -0.466 e. The maximum absolute atomic E-state index is 12.1. The molecule has 0 heterocycles. The lowest BCUT2D eigenvalue weighted by molar-refractivity contribution is -0.181. The number of hydrogen-bond acceptors (Lipinski definition) is 4. The van der Waals surface area contributed by atoms with Crippen LogP contribution in [0.5, 0.6) is 0 Å². The molecule has 3 rings (SSSR count). The average Bonchev–Trinajstić information content (AvgIpc) is 2.71. The molecule has 2 saturated carbocycles. The highest BCUT2D eigenvalue weighted by molar-refractivity contribution is 5.88. The molecule has 5 atom stereocenters. The molecule has 0 spiro atoms. The summed E-state index contributed by atoms with van der Waals surface area (Å²) in [7, 11) is 1.39. The van der Waals surface area contributed by atoms with Gasteiger partial charge in [0.05, 0.1) is 19.8 Å². The van der Waals surface area contributed by atoms with Crippen molar-refractivity contribution < 1.29 is 19.7 Å². The third-order valence-electron chi connectivity index (χ3n) is 8.08. The van der Waals surface area contributed by atoms with Crippen molar-refractivity contribution in [1.82, 2.24) is 0 Å². The fourth-order valence-corrected chi connectivity index (χ4v) is 6.80. The van der Waals surface area contributed by atoms with Gasteiger partial charge >= 0.3 is 5.97 Å². The third-order valence-corrected chi connectivity index (χ3v) is 8.08. The minimum absolute atomic E-state index is 0.0101. The van der Waals surface area contributed by atoms with Crippen molar-refractivity contribution in [2.75, 3.05) is 13.7 Å². The molecule has 25 heavy (non-hydrogen) atoms. The number of fused-ring (bicyclic) bond motifs is 3. The molecule has 4 nitrogen and oxygen atoms in total. The van der Waals surface area contributed by atoms with Crippen molar-refractivity contribution in [2.24, 2.45) is 28.1 Å². The van der Waals surface area contributed by atoms with E-state index in [2.05, 4.69) is 20.8 Å². The quantitative estimate of drug-likeness (QED) is 0.749. The molecule has 2 unspecified atom stereocenters. The molecule has 142 valence electrons. The van der Waals surface area contributed by atoms with E-state index in [9.17, 15) is 15.0 Å². The zero-order valence-electron chi connectivity index (χ0n) is 16.2. The van der Waals surface area contributed by atoms with Gasteiger partial charge in [0.1, 0.15) is 0 Å². The second-order valence-electron chi connectivity index (χ2n) is 9.56. The van der Waals surface area contributed by atoms with Crippen LogP contribution in [-0.2, 0) is 9.53 Å². The fourth-order valence-electron chi connectivity index (χ4n) is 6.80. The molecule has 4 heteroatoms. The molecular weight excluding hydrogens is 316 g/mol. The molecular formula is C21H34O4. The number of allylic oxidation sites excluding steroid dienone is 1. The van der Waals surface area contributed by atoms with Gasteiger partial charge in [-0.1, -0.05) is 33.3 Å². The zero-order chi connectivity index (χ0) is 18.5. The zero-order valence-corrected chi connectivity index (χ0v) is 16.2. The Labute approximate surface area is 151 Å². The van der Waals surface area contributed by atoms with Crippen molar-refractivity contribution in [3.8, 4) is 0 Å². The minimum atomic E-state index is -0.696. The van der Waals surface area contributed by atoms with Crippen molar-refractivity contribution >= 4 is 5.97 Å². The van der Waals surface area contributed by atoms with E-state index in [-0.39, 0.29) is 30.3 Å². The molecule has 0 bridgehead atoms. The molecule has 0 saturated heterocycles. The first-order valence-corrected chi connectivity index (χ1v) is 9.77. The normalized spacial score (nSPS) is 43.3. The Morgan fingerprint density at radius 2 is 1.96 bits per heavy atom. The molecule has 3 aliphatic carbocycles. The topological polar surface area (TPSA) is 66.8 Å². The fraction of sp³-hybridized carbons (Fsp3) is 0.857. The van der Waals surface area contributed by atoms with E-state index in [1.54, 1.807) is 0 Å². The Hall–Kier alpha value is -0.870. The van der Waals surface area contributed by atoms with E-state index in [1.807, 2.05) is 6.08 Å². The summed E-state index contributed by atoms with van der Waals surface area (Å²) in [6.07, 6.45) is 7.78. The lowest BCUT2D eigenvalue weighted by Crippen LogP contribution is -2.59. The van der Waals surface area contributed by atoms with Crippen LogP contribution >= 0.6 is 0 Å². The Kier molecular flexibility index (Phi) is 4.83. The van der Waals surface area contributed by atoms with E-state index in [0.717, 1.165) is 25.7 Å². The van der Waals surface area contributed by atoms with Gasteiger partial charge in [0, 0.05) is 17.4 Å². The van der Waals surface area contributed by atoms with Gasteiger partial charge in [-0.25, -0.2) is 4.79 Å². The van der Waals surface area contributed by atoms with Crippen molar-refractivity contribution in [3.63, 3.8) is 0 Å². The summed E-state index contributed by atoms with van der Waals surface area (Å²) in [5, 5.41) is 21.5. The molecule has 0 radical (unpaired) electrons. The van der Waals surface area contributed by atoms with E-state index >= 15 is 0 Å². The summed E-state index contributed by atoms with van der Waals surface area (Å²) in [6, 6.07) is 0. The number of rotatable bonds is 2. The van der Waals surface area contributed by atoms with Crippen LogP contribution in [0.15, 0.2) is 11.6 Å². The van der Waals surface area contributed by atoms with Crippen LogP contribution in [0.4, 0.5) is 0 Å². The number of aliphatic hydroxyl groups excluding tert-OH is 2. The molecule has 2 N–H and O–H groups in total. The van der Waals surface area contributed by atoms with Gasteiger partial charge in [-0.3, -0.25) is 0 Å². The summed E-state index contributed by atoms with van der Waals surface area (Å²) in [5.74, 6) is 0.440. The van der Waals surface area contributed by atoms with Crippen LogP contribution in [0, 0.1) is 28.1 Å². The Balaban J connectivity index is 2.04. The summed E-state index contributed by atoms with van der Waals surface area (Å²) in [4.78, 5) is 12.1. The van der Waals surface area contributed by atoms with E-state index in [1.165, 1.54) is 20.0 Å². The predicted octanol–water partition coefficient (Wildman–Crippen LogP) is 3.46. The summed E-state index contributed by atoms with van der Waals surface area (Å²) in [6.45, 7) is 7.12. The molecule has 0 amide bonds. The first-order chi connectivity index (χ1) is 11.7. The maximum atomic E-state index is 12.1. The number of carbonyl (C=O) groups is 1. The van der Waals surface area contributed by atoms with E-state index in [4.69, 9.17) is 4.74 Å². The Bertz CT molecular complexity index is 566. The number of ether oxygens (including phenoxy) is 1. The first kappa shape index (κ1) is 18.9. The second-order valence-corrected chi connectivity index (χ2v) is 9.56. The van der Waals surface area contributed by atoms with Gasteiger partial charge in [-0.2, -0.15) is 0 Å². The van der Waals surface area contributed by atoms with Crippen LogP contribution in [0.1, 0.15) is 65.7 Å². The van der Waals surface area contributed by atoms with E-state index in [0.29, 0.717) is 16.9 Å². The number of aliphatic hydroxyl groups is 2. The molecule has 0 aliphatic heterocycles. The van der Waals surface area contributed by atoms with Crippen LogP contribution in [0.3, 0.4) is 0 Å². The molecule has 0 aromatic rings. The summed E-state index contributed by atoms with van der Waals surface area (Å²) >= 11 is 0. The summed E-state index contributed by atoms with van der Waals surface area (Å²) in [5.41, 5.74) is 0.435. The van der Waals surface area contributed by atoms with Crippen molar-refractivity contribution in [1.29, 1.82) is 0 Å². The largest absolute Gasteiger partial charge is 0.466 e. The van der Waals surface area contributed by atoms with Gasteiger partial charge in [-0.05, 0) is 54.8 Å². The number of esters is 1. The highest BCUT2D eigenvalue weighted by Crippen LogP contribution is 2.66. The number of methoxy groups -OCH3 is 1. The van der Waals surface area contributed by atoms with Gasteiger partial charge in [-0.15, -0.1) is 0 Å². The molecule has 2 fully saturated rings. The number of hydrogen-bond donors (Lipinski definition) is 2. The molecule has 3 aliphatic rings. The van der Waals surface area contributed by atoms with Crippen LogP contribution in [0.2, 0.25) is 0 Å². The van der Waals surface area contributed by atoms with Crippen LogP contribution < -0.4 is 0 Å². The SMILES string of the molecule is COC(=O)C1=CC[C@H]2[C@@](CO)(CCC3C(C)(C)CCC[C@@]32C)C(O)C1. The maximum Gasteiger partial charge on any atom is 0.333 e. The van der Waals surface area contributed by atoms with Crippen molar-refractivity contribution in [2.45, 2.75) is 71.8 Å². The Morgan fingerprint density at radius 1 is 1.24 bits per heavy atom. The predicted molar refractivity (Wildman–Crippen MR) is 96.8 cm³/mol. The van der Waals surface area contributed by atoms with Crippen LogP contribution in [0.25, 0.3) is 0 Å². The highest BCUT2D eigenvalue weighted by atomic mass is 16.5. The molecule has 0 aromatic carbocycles. The lowest BCUT2D eigenvalue weighted by atomic mass is 9.42. The number of carbonyl (C=O) groups excluding carboxylic acids is 1. The average molecular weight is 350 g/mol. The second kappa shape index (κ2) is 6.38. The Morgan fingerprint density at radius 3 is 2.60 bits per heavy atom. The van der Waals surface area contributed by atoms with Gasteiger partial charge in [0.15, 0.2) is 0 Å². The summed E-state index contributed by atoms with van der Waals surface area (Å²) < 4.78 is 4.90. The van der Waals surface area contributed by atoms with Crippen LogP contribution in [-0.4, -0.2) is 36.0 Å².